The molecule has 7 fully saturated rings. The van der Waals surface area contributed by atoms with E-state index >= 15 is 0 Å². The number of halogens is 2. The zero-order chi connectivity index (χ0) is 37.4. The van der Waals surface area contributed by atoms with Gasteiger partial charge in [0.05, 0.1) is 49.6 Å². The fraction of sp³-hybridized carbons (Fsp3) is 0.833. The molecule has 4 unspecified atom stereocenters. The van der Waals surface area contributed by atoms with E-state index in [2.05, 4.69) is 34.6 Å². The Kier molecular flexibility index (Phi) is 8.70. The number of ether oxygens (including phenoxy) is 3. The van der Waals surface area contributed by atoms with Gasteiger partial charge in [0.15, 0.2) is 6.29 Å². The average Bonchev–Trinajstić information content (AvgIpc) is 3.69. The number of aliphatic hydroxyl groups is 3. The topological polar surface area (TPSA) is 109 Å². The highest BCUT2D eigenvalue weighted by atomic mass is 19.1. The second kappa shape index (κ2) is 12.2. The van der Waals surface area contributed by atoms with Crippen molar-refractivity contribution in [1.82, 2.24) is 4.90 Å². The summed E-state index contributed by atoms with van der Waals surface area (Å²) in [5, 5.41) is 34.2. The van der Waals surface area contributed by atoms with Crippen molar-refractivity contribution in [3.8, 4) is 0 Å². The van der Waals surface area contributed by atoms with E-state index in [-0.39, 0.29) is 70.0 Å². The van der Waals surface area contributed by atoms with Gasteiger partial charge in [0, 0.05) is 18.0 Å². The standard InChI is InChI=1S/C42H61F2NO7/c1-23-16-27(35(47)38(4,5)49)51-34-33(23)39(6)12-13-42-22-41(42)11-10-30(37(2,3)28(41)8-9-29(42)40(39,7)36(34)48)52-32-21-45(14-15-50-32)31(46)19-24-17-25(43)20-26(44)18-24/h17-18,20,23,27-30,32-36,47-49H,8-16,19,21-22H2,1-7H3/t23-,27-,28+,29+,30?,32?,33?,34+,35+,36+,39-,40-,41?,42+/m1/s1. The maximum atomic E-state index is 13.8. The van der Waals surface area contributed by atoms with E-state index in [0.29, 0.717) is 37.0 Å². The first-order chi connectivity index (χ1) is 24.3. The molecular formula is C42H61F2NO7. The van der Waals surface area contributed by atoms with Crippen LogP contribution in [0.15, 0.2) is 18.2 Å². The fourth-order valence-corrected chi connectivity index (χ4v) is 14.3. The van der Waals surface area contributed by atoms with E-state index < -0.39 is 41.8 Å². The number of nitrogens with zero attached hydrogens (tertiary/aromatic N) is 1. The third-order valence-corrected chi connectivity index (χ3v) is 16.8. The van der Waals surface area contributed by atoms with Gasteiger partial charge in [-0.05, 0) is 128 Å². The highest BCUT2D eigenvalue weighted by Crippen LogP contribution is 2.89. The number of amides is 1. The summed E-state index contributed by atoms with van der Waals surface area (Å²) in [6.07, 6.45) is 5.00. The molecule has 3 N–H and O–H groups in total. The normalized spacial score (nSPS) is 47.0. The Morgan fingerprint density at radius 3 is 2.40 bits per heavy atom. The number of benzene rings is 1. The number of hydrogen-bond donors (Lipinski definition) is 3. The molecule has 1 aromatic rings. The van der Waals surface area contributed by atoms with E-state index in [1.807, 2.05) is 0 Å². The lowest BCUT2D eigenvalue weighted by Gasteiger charge is -2.64. The Bertz CT molecular complexity index is 1560. The van der Waals surface area contributed by atoms with Gasteiger partial charge in [-0.25, -0.2) is 8.78 Å². The van der Waals surface area contributed by atoms with Gasteiger partial charge < -0.3 is 34.4 Å². The van der Waals surface area contributed by atoms with Gasteiger partial charge in [-0.1, -0.05) is 34.6 Å². The lowest BCUT2D eigenvalue weighted by Crippen LogP contribution is -2.60. The van der Waals surface area contributed by atoms with Gasteiger partial charge in [0.25, 0.3) is 0 Å². The van der Waals surface area contributed by atoms with Crippen LogP contribution in [0.3, 0.4) is 0 Å². The second-order valence-corrected chi connectivity index (χ2v) is 19.9. The third kappa shape index (κ3) is 5.19. The molecule has 1 amide bonds. The molecule has 5 saturated carbocycles. The maximum Gasteiger partial charge on any atom is 0.227 e. The molecule has 52 heavy (non-hydrogen) atoms. The number of aliphatic hydroxyl groups excluding tert-OH is 2. The number of rotatable bonds is 6. The number of morpholine rings is 1. The van der Waals surface area contributed by atoms with Gasteiger partial charge in [-0.3, -0.25) is 4.79 Å². The highest BCUT2D eigenvalue weighted by Gasteiger charge is 2.84. The van der Waals surface area contributed by atoms with Crippen LogP contribution in [0, 0.1) is 62.4 Å². The monoisotopic (exact) mass is 729 g/mol. The van der Waals surface area contributed by atoms with Crippen LogP contribution < -0.4 is 0 Å². The fourth-order valence-electron chi connectivity index (χ4n) is 14.3. The molecule has 2 heterocycles. The Balaban J connectivity index is 0.974. The van der Waals surface area contributed by atoms with Crippen LogP contribution in [0.4, 0.5) is 8.78 Å². The molecule has 0 aromatic heterocycles. The number of carbonyl (C=O) groups is 1. The minimum Gasteiger partial charge on any atom is -0.390 e. The highest BCUT2D eigenvalue weighted by molar-refractivity contribution is 5.78. The summed E-state index contributed by atoms with van der Waals surface area (Å²) in [5.41, 5.74) is -1.12. The van der Waals surface area contributed by atoms with Crippen molar-refractivity contribution in [3.05, 3.63) is 35.4 Å². The van der Waals surface area contributed by atoms with Crippen molar-refractivity contribution in [2.45, 2.75) is 149 Å². The summed E-state index contributed by atoms with van der Waals surface area (Å²) in [6, 6.07) is 3.22. The first-order valence-corrected chi connectivity index (χ1v) is 20.0. The summed E-state index contributed by atoms with van der Waals surface area (Å²) in [7, 11) is 0. The maximum absolute atomic E-state index is 13.8. The predicted molar refractivity (Wildman–Crippen MR) is 190 cm³/mol. The molecule has 0 radical (unpaired) electrons. The minimum absolute atomic E-state index is 0.0348. The quantitative estimate of drug-likeness (QED) is 0.329. The largest absolute Gasteiger partial charge is 0.390 e. The van der Waals surface area contributed by atoms with Crippen LogP contribution in [0.5, 0.6) is 0 Å². The van der Waals surface area contributed by atoms with Gasteiger partial charge in [-0.15, -0.1) is 0 Å². The van der Waals surface area contributed by atoms with E-state index in [9.17, 15) is 28.9 Å². The first-order valence-electron chi connectivity index (χ1n) is 20.0. The molecule has 14 atom stereocenters. The SMILES string of the molecule is C[C@@H]1C[C@H]([C@H](O)C(C)(C)O)O[C@H]2C1[C@@]1(C)CC[C@@]34CC35CCC(OC3CN(C(=O)Cc6cc(F)cc(F)c6)CCO3)C(C)(C)[C@@H]5CC[C@H]4[C@]1(C)[C@H]2O. The molecule has 1 aromatic carbocycles. The minimum atomic E-state index is -1.29. The van der Waals surface area contributed by atoms with Crippen molar-refractivity contribution in [3.63, 3.8) is 0 Å². The first kappa shape index (κ1) is 37.2. The van der Waals surface area contributed by atoms with Crippen molar-refractivity contribution < 1.29 is 43.1 Å². The van der Waals surface area contributed by atoms with Crippen LogP contribution in [-0.4, -0.2) is 88.2 Å². The molecule has 7 aliphatic rings. The summed E-state index contributed by atoms with van der Waals surface area (Å²) < 4.78 is 47.1. The molecular weight excluding hydrogens is 668 g/mol. The number of carbonyl (C=O) groups excluding carboxylic acids is 1. The summed E-state index contributed by atoms with van der Waals surface area (Å²) in [6.45, 7) is 16.1. The number of hydrogen-bond acceptors (Lipinski definition) is 7. The van der Waals surface area contributed by atoms with Crippen molar-refractivity contribution in [2.24, 2.45) is 50.7 Å². The molecule has 8 rings (SSSR count). The van der Waals surface area contributed by atoms with Gasteiger partial charge >= 0.3 is 0 Å². The molecule has 8 nitrogen and oxygen atoms in total. The van der Waals surface area contributed by atoms with Crippen LogP contribution in [-0.2, 0) is 25.4 Å². The zero-order valence-electron chi connectivity index (χ0n) is 32.2. The second-order valence-electron chi connectivity index (χ2n) is 19.9. The summed E-state index contributed by atoms with van der Waals surface area (Å²) in [4.78, 5) is 14.9. The number of fused-ring (bicyclic) bond motifs is 4. The van der Waals surface area contributed by atoms with Crippen molar-refractivity contribution in [2.75, 3.05) is 19.7 Å². The van der Waals surface area contributed by atoms with Crippen molar-refractivity contribution >= 4 is 5.91 Å². The van der Waals surface area contributed by atoms with Gasteiger partial charge in [-0.2, -0.15) is 0 Å². The summed E-state index contributed by atoms with van der Waals surface area (Å²) in [5.74, 6) is -0.282. The van der Waals surface area contributed by atoms with E-state index in [1.165, 1.54) is 18.6 Å². The molecule has 290 valence electrons. The van der Waals surface area contributed by atoms with E-state index in [1.54, 1.807) is 18.7 Å². The molecule has 0 bridgehead atoms. The van der Waals surface area contributed by atoms with Gasteiger partial charge in [0.2, 0.25) is 5.91 Å². The molecule has 2 saturated heterocycles. The molecule has 5 aliphatic carbocycles. The summed E-state index contributed by atoms with van der Waals surface area (Å²) >= 11 is 0. The van der Waals surface area contributed by atoms with Crippen LogP contribution >= 0.6 is 0 Å². The molecule has 2 spiro atoms. The Morgan fingerprint density at radius 2 is 1.71 bits per heavy atom. The lowest BCUT2D eigenvalue weighted by atomic mass is 9.41. The lowest BCUT2D eigenvalue weighted by molar-refractivity contribution is -0.248. The van der Waals surface area contributed by atoms with Gasteiger partial charge in [0.1, 0.15) is 17.7 Å². The third-order valence-electron chi connectivity index (χ3n) is 16.8. The van der Waals surface area contributed by atoms with Crippen LogP contribution in [0.25, 0.3) is 0 Å². The predicted octanol–water partition coefficient (Wildman–Crippen LogP) is 6.02. The molecule has 10 heteroatoms. The molecule has 2 aliphatic heterocycles. The van der Waals surface area contributed by atoms with Crippen molar-refractivity contribution in [1.29, 1.82) is 0 Å². The Hall–Kier alpha value is -1.69. The average molecular weight is 730 g/mol. The van der Waals surface area contributed by atoms with Crippen LogP contribution in [0.2, 0.25) is 0 Å². The van der Waals surface area contributed by atoms with E-state index in [4.69, 9.17) is 14.2 Å². The Labute approximate surface area is 308 Å². The van der Waals surface area contributed by atoms with Crippen LogP contribution in [0.1, 0.15) is 105 Å². The van der Waals surface area contributed by atoms with E-state index in [0.717, 1.165) is 44.6 Å². The smallest absolute Gasteiger partial charge is 0.227 e. The Morgan fingerprint density at radius 1 is 1.04 bits per heavy atom. The zero-order valence-corrected chi connectivity index (χ0v) is 32.2.